The maximum atomic E-state index is 15.0. The number of anilines is 3. The smallest absolute Gasteiger partial charge is 0.224 e. The van der Waals surface area contributed by atoms with Gasteiger partial charge in [-0.05, 0) is 81.1 Å². The SMILES string of the molecule is C#Cc1cc(C)c(Nc2nc3cnc(NC4CCC(C)(P)CC4)nc3n2[C@H]2CC[C@@H](C(N)=O)CC2)c(F)c1. The van der Waals surface area contributed by atoms with Crippen LogP contribution in [0, 0.1) is 31.0 Å². The Morgan fingerprint density at radius 1 is 1.21 bits per heavy atom. The molecule has 8 nitrogen and oxygen atoms in total. The van der Waals surface area contributed by atoms with E-state index in [9.17, 15) is 4.79 Å². The van der Waals surface area contributed by atoms with E-state index >= 15 is 4.39 Å². The Kier molecular flexibility index (Phi) is 7.28. The lowest BCUT2D eigenvalue weighted by atomic mass is 9.85. The first-order valence-electron chi connectivity index (χ1n) is 13.3. The summed E-state index contributed by atoms with van der Waals surface area (Å²) in [5, 5.41) is 7.03. The standard InChI is InChI=1S/C28H35FN7OP/c1-4-17-13-16(2)23(21(29)14-17)34-27-33-22-15-31-26(32-19-9-11-28(3,38)12-10-19)35-25(22)36(27)20-7-5-18(6-8-20)24(30)37/h1,13-15,18-20H,5-12,38H2,2-3H3,(H2,30,37)(H,33,34)(H,31,32,35)/t18-,19?,20+,28?. The van der Waals surface area contributed by atoms with Crippen LogP contribution in [0.15, 0.2) is 18.3 Å². The van der Waals surface area contributed by atoms with Crippen LogP contribution in [0.3, 0.4) is 0 Å². The first-order valence-corrected chi connectivity index (χ1v) is 13.8. The lowest BCUT2D eigenvalue weighted by Gasteiger charge is -2.34. The first-order chi connectivity index (χ1) is 18.1. The molecule has 0 aliphatic heterocycles. The molecule has 2 aliphatic carbocycles. The number of primary amides is 1. The number of fused-ring (bicyclic) bond motifs is 1. The number of carbonyl (C=O) groups is 1. The summed E-state index contributed by atoms with van der Waals surface area (Å²) in [5.74, 6) is 2.71. The number of nitrogens with one attached hydrogen (secondary N) is 2. The Morgan fingerprint density at radius 3 is 2.55 bits per heavy atom. The predicted molar refractivity (Wildman–Crippen MR) is 152 cm³/mol. The molecule has 3 aromatic rings. The molecule has 1 aromatic carbocycles. The Morgan fingerprint density at radius 2 is 1.92 bits per heavy atom. The minimum atomic E-state index is -0.444. The summed E-state index contributed by atoms with van der Waals surface area (Å²) in [6.07, 6.45) is 14.4. The Labute approximate surface area is 225 Å². The van der Waals surface area contributed by atoms with Crippen molar-refractivity contribution in [2.45, 2.75) is 82.5 Å². The molecule has 1 atom stereocenters. The highest BCUT2D eigenvalue weighted by molar-refractivity contribution is 7.18. The number of aromatic nitrogens is 4. The van der Waals surface area contributed by atoms with Gasteiger partial charge in [-0.15, -0.1) is 15.7 Å². The van der Waals surface area contributed by atoms with Gasteiger partial charge in [-0.2, -0.15) is 4.98 Å². The van der Waals surface area contributed by atoms with Crippen molar-refractivity contribution in [2.75, 3.05) is 10.6 Å². The zero-order valence-corrected chi connectivity index (χ0v) is 23.1. The summed E-state index contributed by atoms with van der Waals surface area (Å²) in [4.78, 5) is 26.0. The Balaban J connectivity index is 1.50. The van der Waals surface area contributed by atoms with Crippen molar-refractivity contribution in [3.8, 4) is 12.3 Å². The monoisotopic (exact) mass is 535 g/mol. The summed E-state index contributed by atoms with van der Waals surface area (Å²) in [6, 6.07) is 3.45. The zero-order valence-electron chi connectivity index (χ0n) is 21.9. The topological polar surface area (TPSA) is 111 Å². The number of hydrogen-bond donors (Lipinski definition) is 3. The maximum absolute atomic E-state index is 15.0. The van der Waals surface area contributed by atoms with Crippen molar-refractivity contribution < 1.29 is 9.18 Å². The molecule has 0 bridgehead atoms. The van der Waals surface area contributed by atoms with Gasteiger partial charge in [-0.25, -0.2) is 14.4 Å². The second-order valence-corrected chi connectivity index (χ2v) is 12.5. The molecule has 2 aliphatic rings. The molecule has 0 saturated heterocycles. The van der Waals surface area contributed by atoms with Crippen LogP contribution in [-0.4, -0.2) is 36.6 Å². The van der Waals surface area contributed by atoms with E-state index in [0.717, 1.165) is 38.5 Å². The molecule has 5 rings (SSSR count). The zero-order chi connectivity index (χ0) is 27.0. The molecule has 1 unspecified atom stereocenters. The molecular formula is C28H35FN7OP. The van der Waals surface area contributed by atoms with Gasteiger partial charge in [0.1, 0.15) is 11.3 Å². The maximum Gasteiger partial charge on any atom is 0.224 e. The van der Waals surface area contributed by atoms with Crippen LogP contribution < -0.4 is 16.4 Å². The van der Waals surface area contributed by atoms with E-state index in [1.54, 1.807) is 12.3 Å². The van der Waals surface area contributed by atoms with Crippen LogP contribution in [0.1, 0.15) is 75.5 Å². The molecule has 2 fully saturated rings. The highest BCUT2D eigenvalue weighted by Gasteiger charge is 2.30. The fraction of sp³-hybridized carbons (Fsp3) is 0.500. The molecule has 2 saturated carbocycles. The molecule has 0 radical (unpaired) electrons. The van der Waals surface area contributed by atoms with Crippen molar-refractivity contribution in [1.29, 1.82) is 0 Å². The molecular weight excluding hydrogens is 500 g/mol. The molecule has 200 valence electrons. The van der Waals surface area contributed by atoms with E-state index in [1.165, 1.54) is 6.07 Å². The fourth-order valence-corrected chi connectivity index (χ4v) is 6.05. The second-order valence-electron chi connectivity index (χ2n) is 11.1. The van der Waals surface area contributed by atoms with Crippen molar-refractivity contribution in [3.63, 3.8) is 0 Å². The van der Waals surface area contributed by atoms with Crippen LogP contribution in [0.25, 0.3) is 11.2 Å². The number of rotatable bonds is 6. The minimum absolute atomic E-state index is 0.0294. The first kappa shape index (κ1) is 26.4. The lowest BCUT2D eigenvalue weighted by molar-refractivity contribution is -0.122. The van der Waals surface area contributed by atoms with Gasteiger partial charge in [0, 0.05) is 23.6 Å². The Bertz CT molecular complexity index is 1370. The number of amides is 1. The fourth-order valence-electron chi connectivity index (χ4n) is 5.71. The highest BCUT2D eigenvalue weighted by atomic mass is 31.0. The summed E-state index contributed by atoms with van der Waals surface area (Å²) >= 11 is 0. The van der Waals surface area contributed by atoms with Gasteiger partial charge >= 0.3 is 0 Å². The number of carbonyl (C=O) groups excluding carboxylic acids is 1. The van der Waals surface area contributed by atoms with Gasteiger partial charge in [0.25, 0.3) is 0 Å². The average Bonchev–Trinajstić information content (AvgIpc) is 3.24. The van der Waals surface area contributed by atoms with E-state index in [2.05, 4.69) is 37.7 Å². The van der Waals surface area contributed by atoms with Gasteiger partial charge < -0.3 is 16.4 Å². The van der Waals surface area contributed by atoms with Crippen LogP contribution in [-0.2, 0) is 4.79 Å². The number of nitrogens with zero attached hydrogens (tertiary/aromatic N) is 4. The summed E-state index contributed by atoms with van der Waals surface area (Å²) < 4.78 is 17.1. The van der Waals surface area contributed by atoms with E-state index in [4.69, 9.17) is 22.1 Å². The van der Waals surface area contributed by atoms with Crippen LogP contribution >= 0.6 is 9.24 Å². The summed E-state index contributed by atoms with van der Waals surface area (Å²) in [5.41, 5.74) is 8.36. The normalized spacial score (nSPS) is 25.6. The number of hydrogen-bond acceptors (Lipinski definition) is 6. The number of aryl methyl sites for hydroxylation is 1. The van der Waals surface area contributed by atoms with E-state index < -0.39 is 5.82 Å². The number of imidazole rings is 1. The van der Waals surface area contributed by atoms with E-state index in [1.807, 2.05) is 11.5 Å². The van der Waals surface area contributed by atoms with Crippen LogP contribution in [0.4, 0.5) is 22.0 Å². The predicted octanol–water partition coefficient (Wildman–Crippen LogP) is 5.20. The van der Waals surface area contributed by atoms with Gasteiger partial charge in [-0.1, -0.05) is 12.8 Å². The van der Waals surface area contributed by atoms with Gasteiger partial charge in [0.2, 0.25) is 17.8 Å². The van der Waals surface area contributed by atoms with E-state index in [0.29, 0.717) is 58.8 Å². The van der Waals surface area contributed by atoms with Gasteiger partial charge in [0.15, 0.2) is 5.65 Å². The third kappa shape index (κ3) is 5.47. The quantitative estimate of drug-likeness (QED) is 0.296. The minimum Gasteiger partial charge on any atom is -0.369 e. The van der Waals surface area contributed by atoms with Gasteiger partial charge in [-0.3, -0.25) is 9.36 Å². The number of terminal acetylenes is 1. The third-order valence-corrected chi connectivity index (χ3v) is 8.63. The van der Waals surface area contributed by atoms with Gasteiger partial charge in [0.05, 0.1) is 11.9 Å². The largest absolute Gasteiger partial charge is 0.369 e. The molecule has 2 heterocycles. The van der Waals surface area contributed by atoms with Crippen molar-refractivity contribution >= 4 is 43.9 Å². The molecule has 1 amide bonds. The Hall–Kier alpha value is -3.24. The van der Waals surface area contributed by atoms with Crippen molar-refractivity contribution in [2.24, 2.45) is 11.7 Å². The molecule has 4 N–H and O–H groups in total. The van der Waals surface area contributed by atoms with Crippen molar-refractivity contribution in [1.82, 2.24) is 19.5 Å². The average molecular weight is 536 g/mol. The second kappa shape index (κ2) is 10.5. The number of benzene rings is 1. The summed E-state index contributed by atoms with van der Waals surface area (Å²) in [7, 11) is 2.98. The highest BCUT2D eigenvalue weighted by Crippen LogP contribution is 2.39. The molecule has 10 heteroatoms. The third-order valence-electron chi connectivity index (χ3n) is 8.05. The molecule has 0 spiro atoms. The summed E-state index contributed by atoms with van der Waals surface area (Å²) in [6.45, 7) is 4.09. The molecule has 2 aromatic heterocycles. The molecule has 38 heavy (non-hydrogen) atoms. The lowest BCUT2D eigenvalue weighted by Crippen LogP contribution is -2.32. The van der Waals surface area contributed by atoms with Crippen LogP contribution in [0.5, 0.6) is 0 Å². The van der Waals surface area contributed by atoms with E-state index in [-0.39, 0.29) is 23.0 Å². The number of nitrogens with two attached hydrogens (primary N) is 1. The van der Waals surface area contributed by atoms with Crippen LogP contribution in [0.2, 0.25) is 0 Å². The van der Waals surface area contributed by atoms with Crippen molar-refractivity contribution in [3.05, 3.63) is 35.3 Å². The number of halogens is 1.